The molecule has 0 aliphatic carbocycles. The van der Waals surface area contributed by atoms with Crippen molar-refractivity contribution in [1.29, 1.82) is 0 Å². The number of amides is 1. The third-order valence-electron chi connectivity index (χ3n) is 3.72. The maximum Gasteiger partial charge on any atom is 0.407 e. The second kappa shape index (κ2) is 15.9. The summed E-state index contributed by atoms with van der Waals surface area (Å²) in [6, 6.07) is 0. The van der Waals surface area contributed by atoms with Crippen molar-refractivity contribution in [2.24, 2.45) is 0 Å². The number of nitrogens with zero attached hydrogens (tertiary/aromatic N) is 1. The Hall–Kier alpha value is -3.89. The molecule has 2 unspecified atom stereocenters. The van der Waals surface area contributed by atoms with Crippen LogP contribution in [0.5, 0.6) is 0 Å². The van der Waals surface area contributed by atoms with Crippen LogP contribution in [-0.2, 0) is 38.1 Å². The lowest BCUT2D eigenvalue weighted by Crippen LogP contribution is -2.44. The first kappa shape index (κ1) is 28.1. The number of hydrogen-bond acceptors (Lipinski definition) is 9. The average Bonchev–Trinajstić information content (AvgIpc) is 2.77. The van der Waals surface area contributed by atoms with Gasteiger partial charge in [-0.05, 0) is 0 Å². The zero-order valence-electron chi connectivity index (χ0n) is 17.6. The van der Waals surface area contributed by atoms with Crippen LogP contribution in [0.25, 0.3) is 0 Å². The van der Waals surface area contributed by atoms with Gasteiger partial charge in [0, 0.05) is 37.1 Å². The summed E-state index contributed by atoms with van der Waals surface area (Å²) in [7, 11) is 0. The van der Waals surface area contributed by atoms with E-state index in [4.69, 9.17) is 18.9 Å². The van der Waals surface area contributed by atoms with Crippen LogP contribution in [0.1, 0.15) is 12.8 Å². The number of carbonyl (C=O) groups is 5. The molecule has 0 aromatic rings. The van der Waals surface area contributed by atoms with Crippen LogP contribution in [0.4, 0.5) is 4.79 Å². The van der Waals surface area contributed by atoms with Crippen LogP contribution in [-0.4, -0.2) is 78.5 Å². The molecule has 0 spiro atoms. The highest BCUT2D eigenvalue weighted by molar-refractivity contribution is 5.82. The number of hydrogen-bond donors (Lipinski definition) is 1. The van der Waals surface area contributed by atoms with Gasteiger partial charge in [0.25, 0.3) is 0 Å². The fourth-order valence-electron chi connectivity index (χ4n) is 2.22. The maximum absolute atomic E-state index is 11.7. The van der Waals surface area contributed by atoms with Gasteiger partial charge in [-0.2, -0.15) is 0 Å². The lowest BCUT2D eigenvalue weighted by atomic mass is 10.2. The van der Waals surface area contributed by atoms with Crippen LogP contribution >= 0.6 is 0 Å². The zero-order chi connectivity index (χ0) is 24.5. The van der Waals surface area contributed by atoms with E-state index in [0.29, 0.717) is 0 Å². The minimum absolute atomic E-state index is 0.0169. The van der Waals surface area contributed by atoms with Crippen LogP contribution in [0.3, 0.4) is 0 Å². The van der Waals surface area contributed by atoms with Crippen LogP contribution < -0.4 is 0 Å². The average molecular weight is 453 g/mol. The van der Waals surface area contributed by atoms with Crippen molar-refractivity contribution in [3.05, 3.63) is 50.6 Å². The van der Waals surface area contributed by atoms with Crippen molar-refractivity contribution in [2.45, 2.75) is 25.0 Å². The molecule has 0 saturated heterocycles. The Kier molecular flexibility index (Phi) is 14.0. The highest BCUT2D eigenvalue weighted by Gasteiger charge is 2.26. The molecular formula is C21H27NO10. The van der Waals surface area contributed by atoms with Crippen molar-refractivity contribution < 1.29 is 48.0 Å². The molecule has 0 aromatic heterocycles. The largest absolute Gasteiger partial charge is 0.465 e. The molecule has 11 heteroatoms. The van der Waals surface area contributed by atoms with Gasteiger partial charge in [-0.1, -0.05) is 26.3 Å². The van der Waals surface area contributed by atoms with Crippen molar-refractivity contribution in [2.75, 3.05) is 26.3 Å². The molecule has 2 atom stereocenters. The van der Waals surface area contributed by atoms with Gasteiger partial charge in [0.15, 0.2) is 0 Å². The van der Waals surface area contributed by atoms with Crippen LogP contribution in [0, 0.1) is 0 Å². The minimum Gasteiger partial charge on any atom is -0.465 e. The molecule has 0 rings (SSSR count). The first-order chi connectivity index (χ1) is 15.2. The number of rotatable bonds is 16. The predicted octanol–water partition coefficient (Wildman–Crippen LogP) is 1.40. The number of carboxylic acid groups (broad SMARTS) is 1. The Balaban J connectivity index is 5.29. The maximum atomic E-state index is 11.7. The Morgan fingerprint density at radius 2 is 1.03 bits per heavy atom. The summed E-state index contributed by atoms with van der Waals surface area (Å²) in [5, 5.41) is 9.56. The lowest BCUT2D eigenvalue weighted by molar-refractivity contribution is -0.146. The fraction of sp³-hybridized carbons (Fsp3) is 0.381. The first-order valence-electron chi connectivity index (χ1n) is 9.39. The summed E-state index contributed by atoms with van der Waals surface area (Å²) in [4.78, 5) is 58.2. The SMILES string of the molecule is C=CC(=O)OCCC(CN(CC(CCOC(=O)C=C)OC(=O)C=C)C(=O)O)OC(=O)C=C. The van der Waals surface area contributed by atoms with Gasteiger partial charge in [0.2, 0.25) is 0 Å². The van der Waals surface area contributed by atoms with E-state index in [1.54, 1.807) is 0 Å². The molecule has 1 N–H and O–H groups in total. The Labute approximate surface area is 185 Å². The molecule has 0 radical (unpaired) electrons. The summed E-state index contributed by atoms with van der Waals surface area (Å²) < 4.78 is 19.9. The number of carbonyl (C=O) groups excluding carboxylic acids is 4. The summed E-state index contributed by atoms with van der Waals surface area (Å²) >= 11 is 0. The second-order valence-corrected chi connectivity index (χ2v) is 6.03. The van der Waals surface area contributed by atoms with E-state index in [1.165, 1.54) is 0 Å². The van der Waals surface area contributed by atoms with Gasteiger partial charge in [-0.3, -0.25) is 0 Å². The number of ether oxygens (including phenoxy) is 4. The number of esters is 4. The van der Waals surface area contributed by atoms with Gasteiger partial charge < -0.3 is 29.0 Å². The van der Waals surface area contributed by atoms with E-state index in [-0.39, 0.29) is 39.1 Å². The van der Waals surface area contributed by atoms with Gasteiger partial charge in [-0.25, -0.2) is 24.0 Å². The monoisotopic (exact) mass is 453 g/mol. The molecule has 1 amide bonds. The van der Waals surface area contributed by atoms with Gasteiger partial charge in [0.05, 0.1) is 26.3 Å². The Morgan fingerprint density at radius 3 is 1.31 bits per heavy atom. The van der Waals surface area contributed by atoms with E-state index >= 15 is 0 Å². The second-order valence-electron chi connectivity index (χ2n) is 6.03. The minimum atomic E-state index is -1.39. The molecule has 0 heterocycles. The van der Waals surface area contributed by atoms with E-state index in [9.17, 15) is 29.1 Å². The molecule has 0 fully saturated rings. The topological polar surface area (TPSA) is 146 Å². The van der Waals surface area contributed by atoms with E-state index in [1.807, 2.05) is 0 Å². The molecule has 0 aliphatic rings. The molecule has 0 aliphatic heterocycles. The van der Waals surface area contributed by atoms with Crippen molar-refractivity contribution >= 4 is 30.0 Å². The van der Waals surface area contributed by atoms with Crippen molar-refractivity contribution in [1.82, 2.24) is 4.90 Å². The molecule has 32 heavy (non-hydrogen) atoms. The van der Waals surface area contributed by atoms with Gasteiger partial charge in [-0.15, -0.1) is 0 Å². The standard InChI is InChI=1S/C21H27NO10/c1-5-17(23)29-11-9-15(31-19(25)7-3)13-22(21(27)28)14-16(32-20(26)8-4)10-12-30-18(24)6-2/h5-8,15-16H,1-4,9-14H2,(H,27,28). The quantitative estimate of drug-likeness (QED) is 0.207. The molecule has 0 bridgehead atoms. The lowest BCUT2D eigenvalue weighted by Gasteiger charge is -2.28. The first-order valence-corrected chi connectivity index (χ1v) is 9.39. The van der Waals surface area contributed by atoms with Crippen molar-refractivity contribution in [3.8, 4) is 0 Å². The van der Waals surface area contributed by atoms with E-state index < -0.39 is 42.2 Å². The summed E-state index contributed by atoms with van der Waals surface area (Å²) in [5.41, 5.74) is 0. The highest BCUT2D eigenvalue weighted by atomic mass is 16.6. The van der Waals surface area contributed by atoms with E-state index in [2.05, 4.69) is 26.3 Å². The molecule has 0 saturated carbocycles. The van der Waals surface area contributed by atoms with Crippen LogP contribution in [0.2, 0.25) is 0 Å². The summed E-state index contributed by atoms with van der Waals surface area (Å²) in [6.07, 6.45) is 0.279. The smallest absolute Gasteiger partial charge is 0.407 e. The Bertz CT molecular complexity index is 676. The molecular weight excluding hydrogens is 426 g/mol. The van der Waals surface area contributed by atoms with Gasteiger partial charge >= 0.3 is 30.0 Å². The molecule has 176 valence electrons. The van der Waals surface area contributed by atoms with E-state index in [0.717, 1.165) is 29.2 Å². The fourth-order valence-corrected chi connectivity index (χ4v) is 2.22. The van der Waals surface area contributed by atoms with Crippen LogP contribution in [0.15, 0.2) is 50.6 Å². The highest BCUT2D eigenvalue weighted by Crippen LogP contribution is 2.10. The zero-order valence-corrected chi connectivity index (χ0v) is 17.6. The predicted molar refractivity (Wildman–Crippen MR) is 111 cm³/mol. The summed E-state index contributed by atoms with van der Waals surface area (Å²) in [5.74, 6) is -3.00. The third kappa shape index (κ3) is 12.6. The van der Waals surface area contributed by atoms with Gasteiger partial charge in [0.1, 0.15) is 12.2 Å². The normalized spacial score (nSPS) is 11.6. The molecule has 11 nitrogen and oxygen atoms in total. The summed E-state index contributed by atoms with van der Waals surface area (Å²) in [6.45, 7) is 12.1. The molecule has 0 aromatic carbocycles. The third-order valence-corrected chi connectivity index (χ3v) is 3.72. The Morgan fingerprint density at radius 1 is 0.688 bits per heavy atom. The van der Waals surface area contributed by atoms with Crippen molar-refractivity contribution in [3.63, 3.8) is 0 Å².